The summed E-state index contributed by atoms with van der Waals surface area (Å²) in [5.41, 5.74) is 0.680. The molecule has 0 fully saturated rings. The molecule has 0 saturated carbocycles. The maximum atomic E-state index is 11.6. The molecule has 0 aliphatic heterocycles. The monoisotopic (exact) mass is 312 g/mol. The van der Waals surface area contributed by atoms with Crippen molar-refractivity contribution in [3.8, 4) is 0 Å². The summed E-state index contributed by atoms with van der Waals surface area (Å²) in [5, 5.41) is 5.42. The van der Waals surface area contributed by atoms with Gasteiger partial charge in [0.25, 0.3) is 0 Å². The van der Waals surface area contributed by atoms with Gasteiger partial charge in [0.05, 0.1) is 0 Å². The first kappa shape index (κ1) is 14.7. The largest absolute Gasteiger partial charge is 0.353 e. The average molecular weight is 313 g/mol. The maximum absolute atomic E-state index is 11.6. The van der Waals surface area contributed by atoms with Crippen molar-refractivity contribution in [2.45, 2.75) is 32.7 Å². The molecule has 0 saturated heterocycles. The topological polar surface area (TPSA) is 58.2 Å². The number of amides is 2. The van der Waals surface area contributed by atoms with Gasteiger partial charge in [-0.2, -0.15) is 0 Å². The third-order valence-electron chi connectivity index (χ3n) is 2.47. The number of hydrogen-bond donors (Lipinski definition) is 2. The van der Waals surface area contributed by atoms with Gasteiger partial charge >= 0.3 is 0 Å². The Morgan fingerprint density at radius 1 is 1.22 bits per heavy atom. The second-order valence-corrected chi connectivity index (χ2v) is 5.02. The van der Waals surface area contributed by atoms with Crippen molar-refractivity contribution in [1.29, 1.82) is 0 Å². The molecule has 1 aromatic rings. The molecule has 1 unspecified atom stereocenters. The highest BCUT2D eigenvalue weighted by molar-refractivity contribution is 9.10. The SMILES string of the molecule is CCC(C)NC(=O)CC(=O)Nc1ccc(Br)cc1. The Hall–Kier alpha value is -1.36. The number of hydrogen-bond acceptors (Lipinski definition) is 2. The number of anilines is 1. The van der Waals surface area contributed by atoms with E-state index in [2.05, 4.69) is 26.6 Å². The summed E-state index contributed by atoms with van der Waals surface area (Å²) in [4.78, 5) is 23.1. The van der Waals surface area contributed by atoms with Crippen LogP contribution >= 0.6 is 15.9 Å². The van der Waals surface area contributed by atoms with E-state index in [-0.39, 0.29) is 24.3 Å². The minimum absolute atomic E-state index is 0.0954. The third kappa shape index (κ3) is 5.31. The quantitative estimate of drug-likeness (QED) is 0.821. The van der Waals surface area contributed by atoms with Gasteiger partial charge in [0.2, 0.25) is 11.8 Å². The lowest BCUT2D eigenvalue weighted by molar-refractivity contribution is -0.127. The first-order valence-electron chi connectivity index (χ1n) is 5.86. The molecule has 5 heteroatoms. The lowest BCUT2D eigenvalue weighted by Crippen LogP contribution is -2.34. The van der Waals surface area contributed by atoms with Gasteiger partial charge in [-0.05, 0) is 37.6 Å². The van der Waals surface area contributed by atoms with Crippen LogP contribution < -0.4 is 10.6 Å². The van der Waals surface area contributed by atoms with Crippen molar-refractivity contribution in [2.24, 2.45) is 0 Å². The highest BCUT2D eigenvalue weighted by atomic mass is 79.9. The van der Waals surface area contributed by atoms with Crippen LogP contribution in [-0.4, -0.2) is 17.9 Å². The standard InChI is InChI=1S/C13H17BrN2O2/c1-3-9(2)15-12(17)8-13(18)16-11-6-4-10(14)5-7-11/h4-7,9H,3,8H2,1-2H3,(H,15,17)(H,16,18). The highest BCUT2D eigenvalue weighted by Gasteiger charge is 2.11. The predicted molar refractivity (Wildman–Crippen MR) is 75.3 cm³/mol. The van der Waals surface area contributed by atoms with E-state index in [1.165, 1.54) is 0 Å². The Bertz CT molecular complexity index is 418. The molecule has 1 rings (SSSR count). The minimum atomic E-state index is -0.307. The molecule has 1 atom stereocenters. The Kier molecular flexibility index (Phi) is 5.85. The lowest BCUT2D eigenvalue weighted by atomic mass is 10.2. The van der Waals surface area contributed by atoms with Crippen molar-refractivity contribution in [1.82, 2.24) is 5.32 Å². The molecule has 0 aliphatic rings. The van der Waals surface area contributed by atoms with E-state index in [1.54, 1.807) is 12.1 Å². The van der Waals surface area contributed by atoms with Crippen LogP contribution in [0.15, 0.2) is 28.7 Å². The Labute approximate surface area is 115 Å². The van der Waals surface area contributed by atoms with Gasteiger partial charge in [0.15, 0.2) is 0 Å². The van der Waals surface area contributed by atoms with Crippen LogP contribution in [0.25, 0.3) is 0 Å². The molecule has 0 bridgehead atoms. The summed E-state index contributed by atoms with van der Waals surface area (Å²) in [6.07, 6.45) is 0.695. The van der Waals surface area contributed by atoms with Crippen LogP contribution in [-0.2, 0) is 9.59 Å². The maximum Gasteiger partial charge on any atom is 0.233 e. The van der Waals surface area contributed by atoms with E-state index < -0.39 is 0 Å². The summed E-state index contributed by atoms with van der Waals surface area (Å²) in [5.74, 6) is -0.558. The van der Waals surface area contributed by atoms with Gasteiger partial charge < -0.3 is 10.6 Å². The third-order valence-corrected chi connectivity index (χ3v) is 3.00. The second kappa shape index (κ2) is 7.16. The van der Waals surface area contributed by atoms with Crippen LogP contribution in [0, 0.1) is 0 Å². The molecule has 4 nitrogen and oxygen atoms in total. The number of benzene rings is 1. The number of halogens is 1. The van der Waals surface area contributed by atoms with E-state index in [0.717, 1.165) is 10.9 Å². The van der Waals surface area contributed by atoms with Gasteiger partial charge in [0, 0.05) is 16.2 Å². The number of rotatable bonds is 5. The molecule has 0 heterocycles. The average Bonchev–Trinajstić information content (AvgIpc) is 2.31. The van der Waals surface area contributed by atoms with Crippen LogP contribution in [0.1, 0.15) is 26.7 Å². The zero-order valence-corrected chi connectivity index (χ0v) is 12.1. The second-order valence-electron chi connectivity index (χ2n) is 4.11. The van der Waals surface area contributed by atoms with Crippen LogP contribution in [0.5, 0.6) is 0 Å². The summed E-state index contributed by atoms with van der Waals surface area (Å²) >= 11 is 3.31. The number of carbonyl (C=O) groups excluding carboxylic acids is 2. The van der Waals surface area contributed by atoms with Crippen LogP contribution in [0.4, 0.5) is 5.69 Å². The van der Waals surface area contributed by atoms with Crippen molar-refractivity contribution in [3.63, 3.8) is 0 Å². The number of carbonyl (C=O) groups is 2. The van der Waals surface area contributed by atoms with E-state index in [1.807, 2.05) is 26.0 Å². The van der Waals surface area contributed by atoms with Crippen LogP contribution in [0.3, 0.4) is 0 Å². The molecular weight excluding hydrogens is 296 g/mol. The molecule has 0 spiro atoms. The summed E-state index contributed by atoms with van der Waals surface area (Å²) < 4.78 is 0.940. The van der Waals surface area contributed by atoms with Gasteiger partial charge in [-0.1, -0.05) is 22.9 Å². The zero-order valence-electron chi connectivity index (χ0n) is 10.5. The molecule has 0 aromatic heterocycles. The van der Waals surface area contributed by atoms with Crippen molar-refractivity contribution in [2.75, 3.05) is 5.32 Å². The van der Waals surface area contributed by atoms with Crippen molar-refractivity contribution < 1.29 is 9.59 Å². The summed E-state index contributed by atoms with van der Waals surface area (Å²) in [7, 11) is 0. The normalized spacial score (nSPS) is 11.7. The molecule has 1 aromatic carbocycles. The Morgan fingerprint density at radius 3 is 2.39 bits per heavy atom. The van der Waals surface area contributed by atoms with Gasteiger partial charge in [0.1, 0.15) is 6.42 Å². The Balaban J connectivity index is 2.42. The first-order valence-corrected chi connectivity index (χ1v) is 6.65. The fourth-order valence-electron chi connectivity index (χ4n) is 1.31. The van der Waals surface area contributed by atoms with Crippen molar-refractivity contribution >= 4 is 33.4 Å². The van der Waals surface area contributed by atoms with E-state index in [9.17, 15) is 9.59 Å². The van der Waals surface area contributed by atoms with Gasteiger partial charge in [-0.3, -0.25) is 9.59 Å². The minimum Gasteiger partial charge on any atom is -0.353 e. The van der Waals surface area contributed by atoms with Gasteiger partial charge in [-0.15, -0.1) is 0 Å². The van der Waals surface area contributed by atoms with E-state index >= 15 is 0 Å². The summed E-state index contributed by atoms with van der Waals surface area (Å²) in [6.45, 7) is 3.89. The molecule has 0 radical (unpaired) electrons. The molecule has 98 valence electrons. The zero-order chi connectivity index (χ0) is 13.5. The van der Waals surface area contributed by atoms with E-state index in [0.29, 0.717) is 5.69 Å². The van der Waals surface area contributed by atoms with E-state index in [4.69, 9.17) is 0 Å². The Morgan fingerprint density at radius 2 is 1.83 bits per heavy atom. The predicted octanol–water partition coefficient (Wildman–Crippen LogP) is 2.69. The highest BCUT2D eigenvalue weighted by Crippen LogP contribution is 2.14. The van der Waals surface area contributed by atoms with Crippen molar-refractivity contribution in [3.05, 3.63) is 28.7 Å². The fourth-order valence-corrected chi connectivity index (χ4v) is 1.58. The summed E-state index contributed by atoms with van der Waals surface area (Å²) in [6, 6.07) is 7.30. The molecular formula is C13H17BrN2O2. The van der Waals surface area contributed by atoms with Crippen LogP contribution in [0.2, 0.25) is 0 Å². The first-order chi connectivity index (χ1) is 8.51. The molecule has 18 heavy (non-hydrogen) atoms. The molecule has 2 N–H and O–H groups in total. The van der Waals surface area contributed by atoms with Gasteiger partial charge in [-0.25, -0.2) is 0 Å². The lowest BCUT2D eigenvalue weighted by Gasteiger charge is -2.11. The number of nitrogens with one attached hydrogen (secondary N) is 2. The fraction of sp³-hybridized carbons (Fsp3) is 0.385. The molecule has 0 aliphatic carbocycles. The molecule has 2 amide bonds. The smallest absolute Gasteiger partial charge is 0.233 e.